The minimum absolute atomic E-state index is 0.101. The molecule has 0 aromatic heterocycles. The monoisotopic (exact) mass is 726 g/mol. The lowest BCUT2D eigenvalue weighted by molar-refractivity contribution is -0.156. The smallest absolute Gasteiger partial charge is 0.423 e. The molecular formula is C30H28Cl6O8. The molecule has 0 N–H and O–H groups in total. The molecule has 0 aliphatic heterocycles. The summed E-state index contributed by atoms with van der Waals surface area (Å²) in [5.74, 6) is -5.32. The highest BCUT2D eigenvalue weighted by Gasteiger charge is 2.33. The molecule has 0 heterocycles. The molecular weight excluding hydrogens is 701 g/mol. The highest BCUT2D eigenvalue weighted by atomic mass is 35.5. The predicted molar refractivity (Wildman–Crippen MR) is 168 cm³/mol. The van der Waals surface area contributed by atoms with Gasteiger partial charge in [-0.05, 0) is 48.6 Å². The molecule has 2 aromatic carbocycles. The summed E-state index contributed by atoms with van der Waals surface area (Å²) in [6.07, 6.45) is 5.83. The number of hydrogen-bond acceptors (Lipinski definition) is 8. The molecule has 2 fully saturated rings. The van der Waals surface area contributed by atoms with E-state index in [0.29, 0.717) is 11.8 Å². The molecule has 4 atom stereocenters. The predicted octanol–water partition coefficient (Wildman–Crippen LogP) is 9.30. The topological polar surface area (TPSA) is 105 Å². The molecule has 0 bridgehead atoms. The van der Waals surface area contributed by atoms with Crippen molar-refractivity contribution in [3.63, 3.8) is 0 Å². The second kappa shape index (κ2) is 15.1. The van der Waals surface area contributed by atoms with Gasteiger partial charge in [-0.15, -0.1) is 0 Å². The van der Waals surface area contributed by atoms with E-state index in [0.717, 1.165) is 50.7 Å². The molecule has 4 rings (SSSR count). The van der Waals surface area contributed by atoms with E-state index in [1.807, 2.05) is 0 Å². The van der Waals surface area contributed by atoms with Gasteiger partial charge in [-0.2, -0.15) is 0 Å². The van der Waals surface area contributed by atoms with E-state index in [2.05, 4.69) is 13.8 Å². The zero-order valence-corrected chi connectivity index (χ0v) is 28.2. The lowest BCUT2D eigenvalue weighted by Crippen LogP contribution is -2.28. The lowest BCUT2D eigenvalue weighted by atomic mass is 9.99. The summed E-state index contributed by atoms with van der Waals surface area (Å²) in [7, 11) is 0. The minimum atomic E-state index is -1.63. The highest BCUT2D eigenvalue weighted by molar-refractivity contribution is 6.47. The SMILES string of the molecule is CC1CCCC1COC(=O)c1c(Cl)c(Cl)cc(Cl)c1OC(=O)C(=O)Oc1c(Cl)cc(Cl)c(Cl)c1C(=O)OCC1CCCC1C. The fraction of sp³-hybridized carbons (Fsp3) is 0.467. The van der Waals surface area contributed by atoms with Gasteiger partial charge in [0.25, 0.3) is 0 Å². The van der Waals surface area contributed by atoms with Gasteiger partial charge in [-0.3, -0.25) is 0 Å². The van der Waals surface area contributed by atoms with E-state index in [4.69, 9.17) is 88.6 Å². The summed E-state index contributed by atoms with van der Waals surface area (Å²) in [5.41, 5.74) is -0.900. The van der Waals surface area contributed by atoms with Crippen molar-refractivity contribution in [1.82, 2.24) is 0 Å². The zero-order valence-electron chi connectivity index (χ0n) is 23.7. The van der Waals surface area contributed by atoms with E-state index in [9.17, 15) is 19.2 Å². The van der Waals surface area contributed by atoms with Crippen LogP contribution in [0.5, 0.6) is 11.5 Å². The fourth-order valence-corrected chi connectivity index (χ4v) is 6.88. The van der Waals surface area contributed by atoms with E-state index in [1.54, 1.807) is 0 Å². The van der Waals surface area contributed by atoms with Gasteiger partial charge in [-0.25, -0.2) is 19.2 Å². The molecule has 2 aliphatic rings. The number of rotatable bonds is 8. The lowest BCUT2D eigenvalue weighted by Gasteiger charge is -2.18. The van der Waals surface area contributed by atoms with Gasteiger partial charge >= 0.3 is 23.9 Å². The maximum Gasteiger partial charge on any atom is 0.423 e. The molecule has 0 saturated heterocycles. The molecule has 14 heteroatoms. The van der Waals surface area contributed by atoms with Gasteiger partial charge in [0.05, 0.1) is 43.3 Å². The van der Waals surface area contributed by atoms with Crippen LogP contribution in [0.4, 0.5) is 0 Å². The molecule has 4 unspecified atom stereocenters. The number of carbonyl (C=O) groups is 4. The van der Waals surface area contributed by atoms with Crippen LogP contribution in [0.1, 0.15) is 73.1 Å². The Morgan fingerprint density at radius 3 is 1.30 bits per heavy atom. The van der Waals surface area contributed by atoms with Crippen LogP contribution in [0.25, 0.3) is 0 Å². The Labute approximate surface area is 284 Å². The normalized spacial score (nSPS) is 21.2. The van der Waals surface area contributed by atoms with Crippen LogP contribution in [0.2, 0.25) is 30.1 Å². The Bertz CT molecular complexity index is 1370. The molecule has 2 aliphatic carbocycles. The molecule has 8 nitrogen and oxygen atoms in total. The van der Waals surface area contributed by atoms with Crippen molar-refractivity contribution in [3.8, 4) is 11.5 Å². The molecule has 2 aromatic rings. The fourth-order valence-electron chi connectivity index (χ4n) is 5.44. The summed E-state index contributed by atoms with van der Waals surface area (Å²) in [5, 5.41) is -1.44. The summed E-state index contributed by atoms with van der Waals surface area (Å²) >= 11 is 37.3. The van der Waals surface area contributed by atoms with Crippen molar-refractivity contribution in [2.45, 2.75) is 52.4 Å². The van der Waals surface area contributed by atoms with E-state index < -0.39 is 46.5 Å². The molecule has 2 saturated carbocycles. The second-order valence-electron chi connectivity index (χ2n) is 11.0. The Hall–Kier alpha value is -1.94. The van der Waals surface area contributed by atoms with Gasteiger partial charge < -0.3 is 18.9 Å². The molecule has 0 amide bonds. The Balaban J connectivity index is 1.54. The molecule has 0 radical (unpaired) electrons. The van der Waals surface area contributed by atoms with Crippen LogP contribution in [-0.4, -0.2) is 37.1 Å². The van der Waals surface area contributed by atoms with Crippen molar-refractivity contribution in [1.29, 1.82) is 0 Å². The summed E-state index contributed by atoms with van der Waals surface area (Å²) in [6.45, 7) is 4.33. The summed E-state index contributed by atoms with van der Waals surface area (Å²) in [4.78, 5) is 52.0. The van der Waals surface area contributed by atoms with Crippen LogP contribution in [0.3, 0.4) is 0 Å². The highest BCUT2D eigenvalue weighted by Crippen LogP contribution is 2.42. The van der Waals surface area contributed by atoms with Gasteiger partial charge in [0.1, 0.15) is 11.1 Å². The first-order chi connectivity index (χ1) is 20.8. The van der Waals surface area contributed by atoms with Crippen LogP contribution >= 0.6 is 69.6 Å². The van der Waals surface area contributed by atoms with Gasteiger partial charge in [-0.1, -0.05) is 109 Å². The third kappa shape index (κ3) is 7.88. The van der Waals surface area contributed by atoms with E-state index in [-0.39, 0.29) is 55.2 Å². The summed E-state index contributed by atoms with van der Waals surface area (Å²) in [6, 6.07) is 2.26. The van der Waals surface area contributed by atoms with Gasteiger partial charge in [0.15, 0.2) is 11.5 Å². The average Bonchev–Trinajstić information content (AvgIpc) is 3.58. The molecule has 44 heavy (non-hydrogen) atoms. The first kappa shape index (κ1) is 34.9. The number of halogens is 6. The average molecular weight is 729 g/mol. The Kier molecular flexibility index (Phi) is 12.0. The number of esters is 4. The first-order valence-corrected chi connectivity index (χ1v) is 16.2. The third-order valence-electron chi connectivity index (χ3n) is 8.15. The number of carbonyl (C=O) groups excluding carboxylic acids is 4. The van der Waals surface area contributed by atoms with Crippen molar-refractivity contribution >= 4 is 93.5 Å². The van der Waals surface area contributed by atoms with E-state index in [1.165, 1.54) is 0 Å². The maximum absolute atomic E-state index is 13.1. The third-order valence-corrected chi connectivity index (χ3v) is 10.3. The molecule has 238 valence electrons. The van der Waals surface area contributed by atoms with Crippen molar-refractivity contribution in [3.05, 3.63) is 53.4 Å². The number of ether oxygens (including phenoxy) is 4. The van der Waals surface area contributed by atoms with Gasteiger partial charge in [0, 0.05) is 0 Å². The van der Waals surface area contributed by atoms with Crippen molar-refractivity contribution < 1.29 is 38.1 Å². The largest absolute Gasteiger partial charge is 0.462 e. The Morgan fingerprint density at radius 1 is 0.614 bits per heavy atom. The van der Waals surface area contributed by atoms with Crippen molar-refractivity contribution in [2.75, 3.05) is 13.2 Å². The van der Waals surface area contributed by atoms with E-state index >= 15 is 0 Å². The first-order valence-electron chi connectivity index (χ1n) is 13.9. The molecule has 0 spiro atoms. The van der Waals surface area contributed by atoms with Gasteiger partial charge in [0.2, 0.25) is 0 Å². The minimum Gasteiger partial charge on any atom is -0.462 e. The Morgan fingerprint density at radius 2 is 0.977 bits per heavy atom. The van der Waals surface area contributed by atoms with Crippen LogP contribution < -0.4 is 9.47 Å². The summed E-state index contributed by atoms with van der Waals surface area (Å²) < 4.78 is 21.3. The van der Waals surface area contributed by atoms with Crippen molar-refractivity contribution in [2.24, 2.45) is 23.7 Å². The second-order valence-corrected chi connectivity index (χ2v) is 13.4. The van der Waals surface area contributed by atoms with Crippen LogP contribution in [-0.2, 0) is 19.1 Å². The zero-order chi connectivity index (χ0) is 32.3. The number of benzene rings is 2. The van der Waals surface area contributed by atoms with Crippen LogP contribution in [0.15, 0.2) is 12.1 Å². The quantitative estimate of drug-likeness (QED) is 0.115. The number of hydrogen-bond donors (Lipinski definition) is 0. The standard InChI is InChI=1S/C30H28Cl6O8/c1-13-5-3-7-15(13)11-41-27(37)21-23(35)17(31)9-19(33)25(21)43-29(39)30(40)44-26-20(34)10-18(32)24(36)22(26)28(38)42-12-16-8-4-6-14(16)2/h9-10,13-16H,3-8,11-12H2,1-2H3. The maximum atomic E-state index is 13.1. The van der Waals surface area contributed by atoms with Crippen LogP contribution in [0, 0.1) is 23.7 Å².